The van der Waals surface area contributed by atoms with E-state index in [-0.39, 0.29) is 11.5 Å². The van der Waals surface area contributed by atoms with Crippen LogP contribution in [0.2, 0.25) is 5.15 Å². The zero-order valence-electron chi connectivity index (χ0n) is 13.8. The molecule has 4 rings (SSSR count). The number of H-pyrrole nitrogens is 1. The van der Waals surface area contributed by atoms with Crippen LogP contribution in [0.25, 0.3) is 11.3 Å². The minimum atomic E-state index is -0.675. The largest absolute Gasteiger partial charge is 0.358 e. The van der Waals surface area contributed by atoms with Crippen LogP contribution < -0.4 is 4.90 Å². The molecular weight excluding hydrogens is 360 g/mol. The molecule has 1 amide bonds. The molecule has 0 radical (unpaired) electrons. The van der Waals surface area contributed by atoms with Crippen LogP contribution in [-0.2, 0) is 6.42 Å². The van der Waals surface area contributed by atoms with E-state index in [2.05, 4.69) is 9.97 Å². The highest BCUT2D eigenvalue weighted by atomic mass is 35.5. The van der Waals surface area contributed by atoms with Gasteiger partial charge in [0.05, 0.1) is 17.4 Å². The summed E-state index contributed by atoms with van der Waals surface area (Å²) in [5, 5.41) is 0.368. The Balaban J connectivity index is 1.72. The van der Waals surface area contributed by atoms with Crippen molar-refractivity contribution in [2.24, 2.45) is 0 Å². The van der Waals surface area contributed by atoms with Crippen LogP contribution in [0.15, 0.2) is 36.5 Å². The number of carbonyl (C=O) groups is 1. The quantitative estimate of drug-likeness (QED) is 0.671. The molecule has 1 aromatic carbocycles. The minimum Gasteiger partial charge on any atom is -0.358 e. The highest BCUT2D eigenvalue weighted by molar-refractivity contribution is 6.29. The fraction of sp³-hybridized carbons (Fsp3) is 0.158. The van der Waals surface area contributed by atoms with Gasteiger partial charge in [-0.3, -0.25) is 4.79 Å². The summed E-state index contributed by atoms with van der Waals surface area (Å²) in [4.78, 5) is 21.7. The predicted molar refractivity (Wildman–Crippen MR) is 95.5 cm³/mol. The van der Waals surface area contributed by atoms with Crippen LogP contribution in [0.5, 0.6) is 0 Å². The summed E-state index contributed by atoms with van der Waals surface area (Å²) in [6.45, 7) is 2.34. The summed E-state index contributed by atoms with van der Waals surface area (Å²) < 4.78 is 27.2. The summed E-state index contributed by atoms with van der Waals surface area (Å²) >= 11 is 5.89. The van der Waals surface area contributed by atoms with Crippen molar-refractivity contribution in [1.29, 1.82) is 0 Å². The van der Waals surface area contributed by atoms with Gasteiger partial charge in [-0.05, 0) is 36.8 Å². The number of carbonyl (C=O) groups excluding carboxylic acids is 1. The van der Waals surface area contributed by atoms with Crippen molar-refractivity contribution in [1.82, 2.24) is 9.97 Å². The van der Waals surface area contributed by atoms with Crippen molar-refractivity contribution >= 4 is 23.2 Å². The van der Waals surface area contributed by atoms with Gasteiger partial charge in [-0.2, -0.15) is 0 Å². The molecule has 1 N–H and O–H groups in total. The fourth-order valence-corrected chi connectivity index (χ4v) is 3.45. The molecule has 0 saturated carbocycles. The first-order chi connectivity index (χ1) is 12.4. The summed E-state index contributed by atoms with van der Waals surface area (Å²) in [5.41, 5.74) is 3.44. The zero-order chi connectivity index (χ0) is 18.4. The van der Waals surface area contributed by atoms with E-state index in [1.807, 2.05) is 6.92 Å². The van der Waals surface area contributed by atoms with E-state index in [0.29, 0.717) is 35.1 Å². The fourth-order valence-electron chi connectivity index (χ4n) is 3.24. The Morgan fingerprint density at radius 2 is 2.00 bits per heavy atom. The maximum atomic E-state index is 14.1. The lowest BCUT2D eigenvalue weighted by Gasteiger charge is -2.27. The maximum Gasteiger partial charge on any atom is 0.260 e. The molecule has 0 spiro atoms. The second kappa shape index (κ2) is 6.21. The van der Waals surface area contributed by atoms with Crippen LogP contribution >= 0.6 is 11.6 Å². The molecule has 0 unspecified atom stereocenters. The molecule has 7 heteroatoms. The number of rotatable bonds is 2. The van der Waals surface area contributed by atoms with Crippen molar-refractivity contribution in [3.8, 4) is 11.3 Å². The van der Waals surface area contributed by atoms with Gasteiger partial charge in [0, 0.05) is 36.0 Å². The smallest absolute Gasteiger partial charge is 0.260 e. The van der Waals surface area contributed by atoms with Crippen molar-refractivity contribution in [3.63, 3.8) is 0 Å². The van der Waals surface area contributed by atoms with Gasteiger partial charge in [0.1, 0.15) is 16.8 Å². The molecule has 0 saturated heterocycles. The van der Waals surface area contributed by atoms with E-state index in [9.17, 15) is 13.6 Å². The number of nitrogens with one attached hydrogen (secondary N) is 1. The molecule has 26 heavy (non-hydrogen) atoms. The molecule has 0 aliphatic carbocycles. The minimum absolute atomic E-state index is 0.191. The van der Waals surface area contributed by atoms with Crippen LogP contribution in [0.4, 0.5) is 14.5 Å². The van der Waals surface area contributed by atoms with Crippen LogP contribution in [0.3, 0.4) is 0 Å². The highest BCUT2D eigenvalue weighted by Crippen LogP contribution is 2.31. The van der Waals surface area contributed by atoms with Crippen molar-refractivity contribution < 1.29 is 13.6 Å². The van der Waals surface area contributed by atoms with Crippen LogP contribution in [0.1, 0.15) is 21.6 Å². The van der Waals surface area contributed by atoms with Gasteiger partial charge in [-0.25, -0.2) is 13.8 Å². The lowest BCUT2D eigenvalue weighted by molar-refractivity contribution is 0.0980. The average molecular weight is 374 g/mol. The number of hydrogen-bond acceptors (Lipinski definition) is 2. The van der Waals surface area contributed by atoms with Crippen LogP contribution in [-0.4, -0.2) is 22.4 Å². The Morgan fingerprint density at radius 3 is 2.73 bits per heavy atom. The van der Waals surface area contributed by atoms with Gasteiger partial charge >= 0.3 is 0 Å². The number of hydrogen-bond donors (Lipinski definition) is 1. The monoisotopic (exact) mass is 373 g/mol. The zero-order valence-corrected chi connectivity index (χ0v) is 14.6. The molecule has 0 bridgehead atoms. The van der Waals surface area contributed by atoms with E-state index in [1.165, 1.54) is 12.1 Å². The van der Waals surface area contributed by atoms with Crippen molar-refractivity contribution in [3.05, 3.63) is 70.1 Å². The molecule has 0 fully saturated rings. The third-order valence-electron chi connectivity index (χ3n) is 4.52. The number of anilines is 1. The number of aryl methyl sites for hydroxylation is 1. The Hall–Kier alpha value is -2.73. The molecule has 2 aromatic heterocycles. The Morgan fingerprint density at radius 1 is 1.19 bits per heavy atom. The van der Waals surface area contributed by atoms with E-state index in [4.69, 9.17) is 11.6 Å². The molecule has 3 aromatic rings. The van der Waals surface area contributed by atoms with Gasteiger partial charge in [-0.1, -0.05) is 11.6 Å². The van der Waals surface area contributed by atoms with Gasteiger partial charge in [0.15, 0.2) is 0 Å². The van der Waals surface area contributed by atoms with E-state index in [1.54, 1.807) is 23.2 Å². The SMILES string of the molecule is Cc1cc(Cl)ncc1N1CCc2[nH]c(-c3ccc(F)cc3F)cc2C1=O. The lowest BCUT2D eigenvalue weighted by atomic mass is 10.0. The Kier molecular flexibility index (Phi) is 4.00. The number of aromatic nitrogens is 2. The Bertz CT molecular complexity index is 1030. The summed E-state index contributed by atoms with van der Waals surface area (Å²) in [7, 11) is 0. The number of nitrogens with zero attached hydrogens (tertiary/aromatic N) is 2. The summed E-state index contributed by atoms with van der Waals surface area (Å²) in [6.07, 6.45) is 2.17. The molecule has 132 valence electrons. The normalized spacial score (nSPS) is 13.8. The van der Waals surface area contributed by atoms with E-state index >= 15 is 0 Å². The molecule has 0 atom stereocenters. The van der Waals surface area contributed by atoms with Gasteiger partial charge in [-0.15, -0.1) is 0 Å². The standard InChI is InChI=1S/C19H14ClF2N3O/c1-10-6-18(20)23-9-17(10)25-5-4-15-13(19(25)26)8-16(24-15)12-3-2-11(21)7-14(12)22/h2-3,6-9,24H,4-5H2,1H3. The molecule has 3 heterocycles. The van der Waals surface area contributed by atoms with Gasteiger partial charge in [0.2, 0.25) is 0 Å². The van der Waals surface area contributed by atoms with Gasteiger partial charge in [0.25, 0.3) is 5.91 Å². The van der Waals surface area contributed by atoms with Crippen molar-refractivity contribution in [2.45, 2.75) is 13.3 Å². The number of amides is 1. The lowest BCUT2D eigenvalue weighted by Crippen LogP contribution is -2.37. The molecule has 1 aliphatic heterocycles. The third-order valence-corrected chi connectivity index (χ3v) is 4.73. The number of pyridine rings is 1. The first-order valence-electron chi connectivity index (χ1n) is 8.05. The number of benzene rings is 1. The predicted octanol–water partition coefficient (Wildman–Crippen LogP) is 4.52. The number of fused-ring (bicyclic) bond motifs is 1. The number of aromatic amines is 1. The highest BCUT2D eigenvalue weighted by Gasteiger charge is 2.29. The maximum absolute atomic E-state index is 14.1. The van der Waals surface area contributed by atoms with Gasteiger partial charge < -0.3 is 9.88 Å². The topological polar surface area (TPSA) is 49.0 Å². The van der Waals surface area contributed by atoms with E-state index < -0.39 is 11.6 Å². The number of halogens is 3. The molecule has 1 aliphatic rings. The third kappa shape index (κ3) is 2.76. The second-order valence-electron chi connectivity index (χ2n) is 6.20. The summed E-state index contributed by atoms with van der Waals surface area (Å²) in [6, 6.07) is 6.69. The molecular formula is C19H14ClF2N3O. The van der Waals surface area contributed by atoms with Crippen LogP contribution in [0, 0.1) is 18.6 Å². The van der Waals surface area contributed by atoms with E-state index in [0.717, 1.165) is 17.3 Å². The second-order valence-corrected chi connectivity index (χ2v) is 6.59. The summed E-state index contributed by atoms with van der Waals surface area (Å²) in [5.74, 6) is -1.51. The Labute approximate surface area is 153 Å². The first-order valence-corrected chi connectivity index (χ1v) is 8.43. The average Bonchev–Trinajstić information content (AvgIpc) is 3.01. The van der Waals surface area contributed by atoms with Crippen molar-refractivity contribution in [2.75, 3.05) is 11.4 Å². The first kappa shape index (κ1) is 16.7. The molecule has 4 nitrogen and oxygen atoms in total.